The lowest BCUT2D eigenvalue weighted by Gasteiger charge is -2.22. The van der Waals surface area contributed by atoms with Gasteiger partial charge >= 0.3 is 0 Å². The second kappa shape index (κ2) is 5.70. The lowest BCUT2D eigenvalue weighted by molar-refractivity contribution is -0.137. The zero-order valence-electron chi connectivity index (χ0n) is 12.6. The number of carbonyl (C=O) groups excluding carboxylic acids is 1. The molecule has 1 aromatic carbocycles. The van der Waals surface area contributed by atoms with Crippen molar-refractivity contribution >= 4 is 45.7 Å². The van der Waals surface area contributed by atoms with Crippen molar-refractivity contribution in [3.8, 4) is 0 Å². The van der Waals surface area contributed by atoms with Gasteiger partial charge in [0, 0.05) is 18.1 Å². The van der Waals surface area contributed by atoms with Crippen molar-refractivity contribution in [1.29, 1.82) is 0 Å². The third kappa shape index (κ3) is 2.38. The van der Waals surface area contributed by atoms with Gasteiger partial charge in [-0.3, -0.25) is 9.59 Å². The number of carbonyl (C=O) groups is 1. The van der Waals surface area contributed by atoms with E-state index in [0.29, 0.717) is 22.2 Å². The van der Waals surface area contributed by atoms with Gasteiger partial charge in [0.05, 0.1) is 33.8 Å². The van der Waals surface area contributed by atoms with Crippen LogP contribution in [0.25, 0.3) is 10.9 Å². The summed E-state index contributed by atoms with van der Waals surface area (Å²) in [5, 5.41) is 1.11. The third-order valence-electron chi connectivity index (χ3n) is 4.16. The van der Waals surface area contributed by atoms with Gasteiger partial charge in [-0.25, -0.2) is 0 Å². The van der Waals surface area contributed by atoms with E-state index in [1.54, 1.807) is 11.0 Å². The molecular weight excluding hydrogens is 341 g/mol. The Morgan fingerprint density at radius 3 is 2.83 bits per heavy atom. The van der Waals surface area contributed by atoms with Crippen molar-refractivity contribution in [2.75, 3.05) is 19.5 Å². The molecule has 122 valence electrons. The number of nitrogens with two attached hydrogens (primary N) is 1. The molecule has 3 N–H and O–H groups in total. The van der Waals surface area contributed by atoms with Crippen LogP contribution in [0.2, 0.25) is 10.0 Å². The summed E-state index contributed by atoms with van der Waals surface area (Å²) in [6.07, 6.45) is 0. The minimum Gasteiger partial charge on any atom is -0.397 e. The van der Waals surface area contributed by atoms with Crippen LogP contribution in [0.15, 0.2) is 10.9 Å². The van der Waals surface area contributed by atoms with Crippen LogP contribution < -0.4 is 11.3 Å². The Morgan fingerprint density at radius 2 is 2.17 bits per heavy atom. The number of H-pyrrole nitrogens is 1. The first kappa shape index (κ1) is 16.1. The number of pyridine rings is 1. The van der Waals surface area contributed by atoms with E-state index in [-0.39, 0.29) is 40.7 Å². The Bertz CT molecular complexity index is 879. The SMILES string of the molecule is COCC(=O)N1Cc2c(c3cc(N)c(Cl)c(Cl)c3[nH]c2=O)[C@@H]1C. The highest BCUT2D eigenvalue weighted by Crippen LogP contribution is 2.41. The number of aromatic amines is 1. The monoisotopic (exact) mass is 355 g/mol. The van der Waals surface area contributed by atoms with E-state index in [1.165, 1.54) is 7.11 Å². The summed E-state index contributed by atoms with van der Waals surface area (Å²) in [5.41, 5.74) is 7.66. The number of halogens is 2. The van der Waals surface area contributed by atoms with Gasteiger partial charge in [0.2, 0.25) is 5.91 Å². The molecule has 0 spiro atoms. The number of amides is 1. The number of hydrogen-bond acceptors (Lipinski definition) is 4. The number of nitrogens with zero attached hydrogens (tertiary/aromatic N) is 1. The molecule has 2 aromatic rings. The maximum atomic E-state index is 12.4. The molecule has 23 heavy (non-hydrogen) atoms. The first-order chi connectivity index (χ1) is 10.9. The predicted molar refractivity (Wildman–Crippen MR) is 89.8 cm³/mol. The first-order valence-corrected chi connectivity index (χ1v) is 7.73. The number of rotatable bonds is 2. The van der Waals surface area contributed by atoms with Gasteiger partial charge in [-0.1, -0.05) is 23.2 Å². The average Bonchev–Trinajstić information content (AvgIpc) is 2.86. The summed E-state index contributed by atoms with van der Waals surface area (Å²) in [5.74, 6) is -0.184. The van der Waals surface area contributed by atoms with E-state index in [4.69, 9.17) is 33.7 Å². The number of nitrogen functional groups attached to an aromatic ring is 1. The molecule has 1 aliphatic rings. The van der Waals surface area contributed by atoms with Crippen LogP contribution in [0.1, 0.15) is 24.1 Å². The Balaban J connectivity index is 2.26. The van der Waals surface area contributed by atoms with Crippen molar-refractivity contribution in [1.82, 2.24) is 9.88 Å². The largest absolute Gasteiger partial charge is 0.397 e. The molecule has 0 unspecified atom stereocenters. The Hall–Kier alpha value is -1.76. The Morgan fingerprint density at radius 1 is 1.48 bits per heavy atom. The summed E-state index contributed by atoms with van der Waals surface area (Å²) in [6.45, 7) is 2.05. The molecule has 0 aliphatic carbocycles. The minimum atomic E-state index is -0.283. The number of nitrogens with one attached hydrogen (secondary N) is 1. The molecule has 0 saturated carbocycles. The highest BCUT2D eigenvalue weighted by atomic mass is 35.5. The summed E-state index contributed by atoms with van der Waals surface area (Å²) in [4.78, 5) is 28.9. The number of ether oxygens (including phenoxy) is 1. The molecule has 0 fully saturated rings. The molecule has 1 amide bonds. The van der Waals surface area contributed by atoms with Gasteiger partial charge in [0.1, 0.15) is 6.61 Å². The smallest absolute Gasteiger partial charge is 0.253 e. The van der Waals surface area contributed by atoms with Crippen LogP contribution in [0, 0.1) is 0 Å². The number of fused-ring (bicyclic) bond motifs is 3. The summed E-state index contributed by atoms with van der Waals surface area (Å²) in [7, 11) is 1.45. The molecule has 1 aromatic heterocycles. The first-order valence-electron chi connectivity index (χ1n) is 6.97. The van der Waals surface area contributed by atoms with E-state index in [9.17, 15) is 9.59 Å². The predicted octanol–water partition coefficient (Wildman–Crippen LogP) is 2.47. The molecular formula is C15H15Cl2N3O3. The zero-order chi connectivity index (χ0) is 16.9. The normalized spacial score (nSPS) is 16.9. The van der Waals surface area contributed by atoms with Gasteiger partial charge in [0.15, 0.2) is 0 Å². The standard InChI is InChI=1S/C15H15Cl2N3O3/c1-6-11-7-3-9(18)12(16)13(17)14(7)19-15(22)8(11)4-20(6)10(21)5-23-2/h3,6H,4-5,18H2,1-2H3,(H,19,22)/t6-/m0/s1. The van der Waals surface area contributed by atoms with Gasteiger partial charge < -0.3 is 20.4 Å². The summed E-state index contributed by atoms with van der Waals surface area (Å²) >= 11 is 12.3. The van der Waals surface area contributed by atoms with Crippen LogP contribution in [0.3, 0.4) is 0 Å². The summed E-state index contributed by atoms with van der Waals surface area (Å²) in [6, 6.07) is 1.40. The second-order valence-corrected chi connectivity index (χ2v) is 6.25. The quantitative estimate of drug-likeness (QED) is 0.809. The van der Waals surface area contributed by atoms with Crippen LogP contribution in [0.5, 0.6) is 0 Å². The van der Waals surface area contributed by atoms with Crippen molar-refractivity contribution in [3.05, 3.63) is 37.6 Å². The number of hydrogen-bond donors (Lipinski definition) is 2. The topological polar surface area (TPSA) is 88.4 Å². The lowest BCUT2D eigenvalue weighted by Crippen LogP contribution is -2.31. The van der Waals surface area contributed by atoms with E-state index in [1.807, 2.05) is 6.92 Å². The minimum absolute atomic E-state index is 0.0388. The third-order valence-corrected chi connectivity index (χ3v) is 5.05. The fourth-order valence-corrected chi connectivity index (χ4v) is 3.47. The molecule has 0 saturated heterocycles. The number of benzene rings is 1. The number of methoxy groups -OCH3 is 1. The zero-order valence-corrected chi connectivity index (χ0v) is 14.1. The van der Waals surface area contributed by atoms with E-state index in [0.717, 1.165) is 5.56 Å². The van der Waals surface area contributed by atoms with E-state index < -0.39 is 0 Å². The molecule has 8 heteroatoms. The molecule has 6 nitrogen and oxygen atoms in total. The second-order valence-electron chi connectivity index (χ2n) is 5.49. The fraction of sp³-hybridized carbons (Fsp3) is 0.333. The number of anilines is 1. The molecule has 0 bridgehead atoms. The van der Waals surface area contributed by atoms with Crippen molar-refractivity contribution < 1.29 is 9.53 Å². The van der Waals surface area contributed by atoms with Crippen molar-refractivity contribution in [3.63, 3.8) is 0 Å². The van der Waals surface area contributed by atoms with Gasteiger partial charge in [-0.15, -0.1) is 0 Å². The average molecular weight is 356 g/mol. The van der Waals surface area contributed by atoms with Crippen LogP contribution in [-0.2, 0) is 16.1 Å². The lowest BCUT2D eigenvalue weighted by atomic mass is 10.0. The summed E-state index contributed by atoms with van der Waals surface area (Å²) < 4.78 is 4.90. The van der Waals surface area contributed by atoms with Gasteiger partial charge in [0.25, 0.3) is 5.56 Å². The van der Waals surface area contributed by atoms with Crippen molar-refractivity contribution in [2.24, 2.45) is 0 Å². The molecule has 1 aliphatic heterocycles. The highest BCUT2D eigenvalue weighted by Gasteiger charge is 2.34. The van der Waals surface area contributed by atoms with Crippen LogP contribution >= 0.6 is 23.2 Å². The molecule has 2 heterocycles. The van der Waals surface area contributed by atoms with E-state index in [2.05, 4.69) is 4.98 Å². The maximum absolute atomic E-state index is 12.4. The fourth-order valence-electron chi connectivity index (χ4n) is 3.06. The van der Waals surface area contributed by atoms with E-state index >= 15 is 0 Å². The van der Waals surface area contributed by atoms with Crippen molar-refractivity contribution in [2.45, 2.75) is 19.5 Å². The number of aromatic nitrogens is 1. The highest BCUT2D eigenvalue weighted by molar-refractivity contribution is 6.46. The Kier molecular flexibility index (Phi) is 4.00. The molecule has 3 rings (SSSR count). The Labute approximate surface area is 142 Å². The maximum Gasteiger partial charge on any atom is 0.253 e. The van der Waals surface area contributed by atoms with Crippen LogP contribution in [0.4, 0.5) is 5.69 Å². The molecule has 1 atom stereocenters. The van der Waals surface area contributed by atoms with Gasteiger partial charge in [-0.05, 0) is 18.6 Å². The van der Waals surface area contributed by atoms with Gasteiger partial charge in [-0.2, -0.15) is 0 Å². The molecule has 0 radical (unpaired) electrons. The van der Waals surface area contributed by atoms with Crippen LogP contribution in [-0.4, -0.2) is 29.5 Å².